The van der Waals surface area contributed by atoms with E-state index in [4.69, 9.17) is 15.0 Å². The Morgan fingerprint density at radius 2 is 0.948 bits per heavy atom. The molecule has 0 aliphatic rings. The van der Waals surface area contributed by atoms with Crippen LogP contribution in [0.5, 0.6) is 0 Å². The van der Waals surface area contributed by atoms with Gasteiger partial charge in [0.2, 0.25) is 0 Å². The molecule has 3 heterocycles. The molecule has 0 saturated heterocycles. The third kappa shape index (κ3) is 5.18. The van der Waals surface area contributed by atoms with Gasteiger partial charge in [-0.2, -0.15) is 0 Å². The Hall–Kier alpha value is -7.47. The molecule has 0 saturated carbocycles. The van der Waals surface area contributed by atoms with Crippen LogP contribution in [0.25, 0.3) is 115 Å². The summed E-state index contributed by atoms with van der Waals surface area (Å²) in [5, 5.41) is 9.90. The van der Waals surface area contributed by atoms with E-state index in [1.807, 2.05) is 24.3 Å². The van der Waals surface area contributed by atoms with Crippen LogP contribution in [0, 0.1) is 0 Å². The van der Waals surface area contributed by atoms with Gasteiger partial charge in [0.05, 0.1) is 11.0 Å². The highest BCUT2D eigenvalue weighted by Gasteiger charge is 2.21. The molecule has 0 amide bonds. The van der Waals surface area contributed by atoms with Crippen molar-refractivity contribution in [1.82, 2.24) is 19.5 Å². The first-order valence-corrected chi connectivity index (χ1v) is 20.3. The molecule has 58 heavy (non-hydrogen) atoms. The summed E-state index contributed by atoms with van der Waals surface area (Å²) >= 11 is 1.79. The Morgan fingerprint density at radius 1 is 0.362 bits per heavy atom. The van der Waals surface area contributed by atoms with Crippen LogP contribution in [-0.2, 0) is 0 Å². The normalized spacial score (nSPS) is 11.8. The largest absolute Gasteiger partial charge is 0.309 e. The number of para-hydroxylation sites is 1. The number of hydrogen-bond donors (Lipinski definition) is 0. The van der Waals surface area contributed by atoms with Crippen LogP contribution in [0.15, 0.2) is 194 Å². The molecule has 0 radical (unpaired) electrons. The van der Waals surface area contributed by atoms with E-state index in [0.717, 1.165) is 43.7 Å². The zero-order valence-electron chi connectivity index (χ0n) is 31.2. The van der Waals surface area contributed by atoms with Gasteiger partial charge in [0.25, 0.3) is 0 Å². The Morgan fingerprint density at radius 3 is 1.74 bits per heavy atom. The molecule has 3 aromatic heterocycles. The van der Waals surface area contributed by atoms with E-state index in [0.29, 0.717) is 17.5 Å². The second-order valence-corrected chi connectivity index (χ2v) is 15.8. The van der Waals surface area contributed by atoms with E-state index in [2.05, 4.69) is 174 Å². The Labute approximate surface area is 338 Å². The van der Waals surface area contributed by atoms with Gasteiger partial charge in [0.1, 0.15) is 0 Å². The van der Waals surface area contributed by atoms with Gasteiger partial charge in [0, 0.05) is 53.3 Å². The Kier molecular flexibility index (Phi) is 7.37. The average Bonchev–Trinajstić information content (AvgIpc) is 3.85. The van der Waals surface area contributed by atoms with Gasteiger partial charge in [0.15, 0.2) is 17.5 Å². The maximum atomic E-state index is 5.31. The molecule has 9 aromatic carbocycles. The van der Waals surface area contributed by atoms with Gasteiger partial charge in [-0.15, -0.1) is 11.3 Å². The first kappa shape index (κ1) is 32.7. The van der Waals surface area contributed by atoms with Crippen molar-refractivity contribution >= 4 is 74.9 Å². The van der Waals surface area contributed by atoms with E-state index in [1.54, 1.807) is 11.3 Å². The second-order valence-electron chi connectivity index (χ2n) is 14.8. The number of aromatic nitrogens is 4. The molecule has 270 valence electrons. The number of fused-ring (bicyclic) bond motifs is 10. The van der Waals surface area contributed by atoms with E-state index < -0.39 is 0 Å². The van der Waals surface area contributed by atoms with Gasteiger partial charge in [-0.25, -0.2) is 15.0 Å². The zero-order chi connectivity index (χ0) is 38.2. The zero-order valence-corrected chi connectivity index (χ0v) is 32.0. The summed E-state index contributed by atoms with van der Waals surface area (Å²) in [4.78, 5) is 15.7. The lowest BCUT2D eigenvalue weighted by atomic mass is 9.98. The molecule has 0 fully saturated rings. The molecule has 0 bridgehead atoms. The highest BCUT2D eigenvalue weighted by atomic mass is 32.1. The van der Waals surface area contributed by atoms with Crippen LogP contribution >= 0.6 is 11.3 Å². The summed E-state index contributed by atoms with van der Waals surface area (Å²) in [7, 11) is 0. The van der Waals surface area contributed by atoms with E-state index in [1.165, 1.54) is 53.4 Å². The van der Waals surface area contributed by atoms with Crippen LogP contribution in [0.3, 0.4) is 0 Å². The molecule has 12 rings (SSSR count). The Bertz CT molecular complexity index is 3550. The predicted molar refractivity (Wildman–Crippen MR) is 244 cm³/mol. The average molecular weight is 757 g/mol. The third-order valence-corrected chi connectivity index (χ3v) is 12.7. The minimum absolute atomic E-state index is 0.638. The fraction of sp³-hybridized carbons (Fsp3) is 0. The van der Waals surface area contributed by atoms with Crippen molar-refractivity contribution in [3.63, 3.8) is 0 Å². The van der Waals surface area contributed by atoms with Crippen LogP contribution in [-0.4, -0.2) is 19.5 Å². The van der Waals surface area contributed by atoms with Crippen molar-refractivity contribution in [2.75, 3.05) is 0 Å². The minimum atomic E-state index is 0.638. The topological polar surface area (TPSA) is 43.6 Å². The number of rotatable bonds is 5. The quantitative estimate of drug-likeness (QED) is 0.164. The maximum Gasteiger partial charge on any atom is 0.165 e. The molecule has 4 nitrogen and oxygen atoms in total. The van der Waals surface area contributed by atoms with Gasteiger partial charge in [-0.1, -0.05) is 164 Å². The monoisotopic (exact) mass is 756 g/mol. The summed E-state index contributed by atoms with van der Waals surface area (Å²) in [6.45, 7) is 0. The molecular weight excluding hydrogens is 725 g/mol. The first-order valence-electron chi connectivity index (χ1n) is 19.5. The van der Waals surface area contributed by atoms with Crippen molar-refractivity contribution < 1.29 is 0 Å². The summed E-state index contributed by atoms with van der Waals surface area (Å²) in [5.41, 5.74) is 8.56. The smallest absolute Gasteiger partial charge is 0.165 e. The van der Waals surface area contributed by atoms with Crippen LogP contribution in [0.1, 0.15) is 0 Å². The molecule has 0 atom stereocenters. The molecule has 0 unspecified atom stereocenters. The van der Waals surface area contributed by atoms with E-state index in [9.17, 15) is 0 Å². The summed E-state index contributed by atoms with van der Waals surface area (Å²) in [6.07, 6.45) is 0. The van der Waals surface area contributed by atoms with Gasteiger partial charge >= 0.3 is 0 Å². The summed E-state index contributed by atoms with van der Waals surface area (Å²) < 4.78 is 4.81. The Balaban J connectivity index is 1.13. The lowest BCUT2D eigenvalue weighted by molar-refractivity contribution is 1.07. The SMILES string of the molecule is c1ccc(-c2ccc(-c3nc(-c4ccccc4)nc(-c4cc(-n5c6ccccc6c6c7ccc8ccccc8c7ccc65)cc5c4sc4ccccc45)n3)cc2)cc1. The van der Waals surface area contributed by atoms with E-state index >= 15 is 0 Å². The van der Waals surface area contributed by atoms with Crippen molar-refractivity contribution in [2.24, 2.45) is 0 Å². The molecule has 0 spiro atoms. The lowest BCUT2D eigenvalue weighted by Gasteiger charge is -2.13. The molecular formula is C53H32N4S. The summed E-state index contributed by atoms with van der Waals surface area (Å²) in [6, 6.07) is 69.2. The molecule has 0 aliphatic heterocycles. The van der Waals surface area contributed by atoms with Gasteiger partial charge < -0.3 is 4.57 Å². The van der Waals surface area contributed by atoms with Crippen LogP contribution < -0.4 is 0 Å². The van der Waals surface area contributed by atoms with Gasteiger partial charge in [-0.05, 0) is 63.0 Å². The molecule has 12 aromatic rings. The first-order chi connectivity index (χ1) is 28.7. The van der Waals surface area contributed by atoms with Crippen molar-refractivity contribution in [3.05, 3.63) is 194 Å². The molecule has 5 heteroatoms. The van der Waals surface area contributed by atoms with Crippen LogP contribution in [0.2, 0.25) is 0 Å². The number of benzene rings is 9. The standard InChI is InChI=1S/C53H32N4S/c1-3-13-33(14-4-1)34-23-25-37(26-24-34)52-54-51(36-16-5-2-6-17-36)55-53(56-52)45-32-38(31-44-41-19-10-12-22-48(41)58-50(44)45)57-46-21-11-9-20-43(46)49-42-28-27-35-15-7-8-18-39(35)40(42)29-30-47(49)57/h1-32H. The number of nitrogens with zero attached hydrogens (tertiary/aromatic N) is 4. The molecule has 0 N–H and O–H groups in total. The highest BCUT2D eigenvalue weighted by Crippen LogP contribution is 2.44. The fourth-order valence-corrected chi connectivity index (χ4v) is 9.92. The summed E-state index contributed by atoms with van der Waals surface area (Å²) in [5.74, 6) is 1.92. The number of thiophene rings is 1. The predicted octanol–water partition coefficient (Wildman–Crippen LogP) is 14.3. The van der Waals surface area contributed by atoms with Crippen molar-refractivity contribution in [2.45, 2.75) is 0 Å². The minimum Gasteiger partial charge on any atom is -0.309 e. The second kappa shape index (κ2) is 13.1. The highest BCUT2D eigenvalue weighted by molar-refractivity contribution is 7.26. The van der Waals surface area contributed by atoms with Gasteiger partial charge in [-0.3, -0.25) is 0 Å². The van der Waals surface area contributed by atoms with Crippen molar-refractivity contribution in [1.29, 1.82) is 0 Å². The van der Waals surface area contributed by atoms with E-state index in [-0.39, 0.29) is 0 Å². The number of hydrogen-bond acceptors (Lipinski definition) is 4. The maximum absolute atomic E-state index is 5.31. The molecule has 0 aliphatic carbocycles. The lowest BCUT2D eigenvalue weighted by Crippen LogP contribution is -2.01. The third-order valence-electron chi connectivity index (χ3n) is 11.4. The fourth-order valence-electron chi connectivity index (χ4n) is 8.73. The van der Waals surface area contributed by atoms with Crippen LogP contribution in [0.4, 0.5) is 0 Å². The van der Waals surface area contributed by atoms with Crippen molar-refractivity contribution in [3.8, 4) is 51.0 Å².